The molecule has 30 heavy (non-hydrogen) atoms. The summed E-state index contributed by atoms with van der Waals surface area (Å²) in [6, 6.07) is 24.2. The van der Waals surface area contributed by atoms with E-state index in [2.05, 4.69) is 4.57 Å². The van der Waals surface area contributed by atoms with Gasteiger partial charge in [-0.25, -0.2) is 0 Å². The normalized spacial score (nSPS) is 13.1. The number of rotatable bonds is 7. The first-order valence-electron chi connectivity index (χ1n) is 9.97. The van der Waals surface area contributed by atoms with E-state index in [1.807, 2.05) is 67.7 Å². The second kappa shape index (κ2) is 8.33. The number of aromatic nitrogens is 1. The summed E-state index contributed by atoms with van der Waals surface area (Å²) in [5, 5.41) is 13.2. The van der Waals surface area contributed by atoms with Gasteiger partial charge in [-0.2, -0.15) is 0 Å². The zero-order chi connectivity index (χ0) is 21.1. The van der Waals surface area contributed by atoms with Gasteiger partial charge < -0.3 is 4.57 Å². The Morgan fingerprint density at radius 3 is 2.17 bits per heavy atom. The van der Waals surface area contributed by atoms with Crippen LogP contribution in [-0.4, -0.2) is 21.3 Å². The molecule has 0 N–H and O–H groups in total. The molecule has 150 valence electrons. The van der Waals surface area contributed by atoms with E-state index in [1.165, 1.54) is 0 Å². The predicted molar refractivity (Wildman–Crippen MR) is 117 cm³/mol. The fourth-order valence-electron chi connectivity index (χ4n) is 4.12. The van der Waals surface area contributed by atoms with Crippen molar-refractivity contribution in [3.63, 3.8) is 0 Å². The minimum Gasteiger partial charge on any atom is -0.347 e. The van der Waals surface area contributed by atoms with Crippen LogP contribution in [0.5, 0.6) is 0 Å². The van der Waals surface area contributed by atoms with Crippen LogP contribution in [0.15, 0.2) is 91.1 Å². The summed E-state index contributed by atoms with van der Waals surface area (Å²) in [6.45, 7) is 2.77. The highest BCUT2D eigenvalue weighted by Gasteiger charge is 2.42. The van der Waals surface area contributed by atoms with Crippen LogP contribution < -0.4 is 0 Å². The van der Waals surface area contributed by atoms with Gasteiger partial charge in [-0.3, -0.25) is 14.9 Å². The highest BCUT2D eigenvalue weighted by atomic mass is 16.6. The van der Waals surface area contributed by atoms with Gasteiger partial charge in [0.1, 0.15) is 0 Å². The molecule has 4 aromatic rings. The van der Waals surface area contributed by atoms with Crippen molar-refractivity contribution >= 4 is 16.7 Å². The number of para-hydroxylation sites is 1. The van der Waals surface area contributed by atoms with E-state index in [0.717, 1.165) is 28.6 Å². The minimum atomic E-state index is -1.43. The quantitative estimate of drug-likeness (QED) is 0.240. The first-order valence-corrected chi connectivity index (χ1v) is 9.97. The van der Waals surface area contributed by atoms with E-state index >= 15 is 0 Å². The second-order valence-electron chi connectivity index (χ2n) is 7.24. The van der Waals surface area contributed by atoms with Crippen molar-refractivity contribution in [2.45, 2.75) is 25.4 Å². The number of carbonyl (C=O) groups excluding carboxylic acids is 1. The summed E-state index contributed by atoms with van der Waals surface area (Å²) >= 11 is 0. The van der Waals surface area contributed by atoms with E-state index in [9.17, 15) is 14.9 Å². The molecular formula is C25H22N2O3. The molecule has 1 aromatic heterocycles. The number of nitrogens with zero attached hydrogens (tertiary/aromatic N) is 2. The van der Waals surface area contributed by atoms with Crippen molar-refractivity contribution in [3.8, 4) is 0 Å². The molecule has 0 fully saturated rings. The molecule has 0 aliphatic rings. The molecule has 0 saturated heterocycles. The highest BCUT2D eigenvalue weighted by Crippen LogP contribution is 2.37. The van der Waals surface area contributed by atoms with Gasteiger partial charge >= 0.3 is 0 Å². The topological polar surface area (TPSA) is 65.1 Å². The third-order valence-electron chi connectivity index (χ3n) is 5.52. The number of hydrogen-bond donors (Lipinski definition) is 0. The Kier molecular flexibility index (Phi) is 5.44. The summed E-state index contributed by atoms with van der Waals surface area (Å²) in [6.07, 6.45) is 1.96. The summed E-state index contributed by atoms with van der Waals surface area (Å²) in [4.78, 5) is 25.2. The molecule has 0 aliphatic carbocycles. The zero-order valence-electron chi connectivity index (χ0n) is 16.6. The lowest BCUT2D eigenvalue weighted by Crippen LogP contribution is -2.36. The summed E-state index contributed by atoms with van der Waals surface area (Å²) in [5.41, 5.74) is 2.90. The Hall–Kier alpha value is -3.73. The maximum absolute atomic E-state index is 13.3. The second-order valence-corrected chi connectivity index (χ2v) is 7.24. The Morgan fingerprint density at radius 2 is 1.53 bits per heavy atom. The third-order valence-corrected chi connectivity index (χ3v) is 5.52. The van der Waals surface area contributed by atoms with Crippen LogP contribution in [0.3, 0.4) is 0 Å². The van der Waals surface area contributed by atoms with Gasteiger partial charge in [-0.15, -0.1) is 0 Å². The first-order chi connectivity index (χ1) is 14.6. The smallest absolute Gasteiger partial charge is 0.285 e. The highest BCUT2D eigenvalue weighted by molar-refractivity contribution is 6.01. The van der Waals surface area contributed by atoms with Crippen LogP contribution in [0.25, 0.3) is 10.9 Å². The van der Waals surface area contributed by atoms with Crippen LogP contribution in [0, 0.1) is 10.1 Å². The molecule has 0 radical (unpaired) electrons. The Bertz CT molecular complexity index is 1180. The number of carbonyl (C=O) groups is 1. The number of fused-ring (bicyclic) bond motifs is 1. The molecule has 0 aliphatic heterocycles. The number of ketones is 1. The van der Waals surface area contributed by atoms with Crippen molar-refractivity contribution < 1.29 is 9.72 Å². The SMILES string of the molecule is CCn1cc([C@H](c2ccccc2)[C@@H](C(=O)c2ccccc2)[N+](=O)[O-])c2ccccc21. The molecule has 5 nitrogen and oxygen atoms in total. The number of Topliss-reactive ketones (excluding diaryl/α,β-unsaturated/α-hetero) is 1. The fraction of sp³-hybridized carbons (Fsp3) is 0.160. The number of hydrogen-bond acceptors (Lipinski definition) is 3. The molecule has 0 saturated carbocycles. The Morgan fingerprint density at radius 1 is 0.933 bits per heavy atom. The van der Waals surface area contributed by atoms with Gasteiger partial charge in [0.15, 0.2) is 0 Å². The largest absolute Gasteiger partial charge is 0.347 e. The van der Waals surface area contributed by atoms with Gasteiger partial charge in [-0.05, 0) is 24.1 Å². The van der Waals surface area contributed by atoms with Gasteiger partial charge in [0.2, 0.25) is 5.78 Å². The van der Waals surface area contributed by atoms with Crippen LogP contribution >= 0.6 is 0 Å². The zero-order valence-corrected chi connectivity index (χ0v) is 16.6. The Balaban J connectivity index is 1.95. The molecule has 3 aromatic carbocycles. The summed E-state index contributed by atoms with van der Waals surface area (Å²) in [7, 11) is 0. The van der Waals surface area contributed by atoms with Crippen LogP contribution in [0.4, 0.5) is 0 Å². The van der Waals surface area contributed by atoms with Crippen LogP contribution in [0.1, 0.15) is 34.3 Å². The van der Waals surface area contributed by atoms with E-state index in [-0.39, 0.29) is 0 Å². The minimum absolute atomic E-state index is 0.347. The molecule has 0 bridgehead atoms. The number of benzene rings is 3. The van der Waals surface area contributed by atoms with E-state index in [4.69, 9.17) is 0 Å². The van der Waals surface area contributed by atoms with E-state index in [0.29, 0.717) is 5.56 Å². The van der Waals surface area contributed by atoms with Crippen molar-refractivity contribution in [1.29, 1.82) is 0 Å². The average Bonchev–Trinajstić information content (AvgIpc) is 3.16. The van der Waals surface area contributed by atoms with E-state index in [1.54, 1.807) is 30.3 Å². The first kappa shape index (κ1) is 19.6. The standard InChI is InChI=1S/C25H22N2O3/c1-2-26-17-21(20-15-9-10-16-22(20)26)23(18-11-5-3-6-12-18)24(27(29)30)25(28)19-13-7-4-8-14-19/h3-17,23-24H,2H2,1H3/t23-,24-/m0/s1. The van der Waals surface area contributed by atoms with Crippen molar-refractivity contribution in [2.24, 2.45) is 0 Å². The molecule has 0 amide bonds. The lowest BCUT2D eigenvalue weighted by Gasteiger charge is -2.21. The Labute approximate surface area is 174 Å². The van der Waals surface area contributed by atoms with Gasteiger partial charge in [0.05, 0.1) is 5.92 Å². The van der Waals surface area contributed by atoms with Crippen molar-refractivity contribution in [2.75, 3.05) is 0 Å². The molecule has 0 spiro atoms. The molecular weight excluding hydrogens is 376 g/mol. The third kappa shape index (κ3) is 3.50. The molecule has 0 unspecified atom stereocenters. The van der Waals surface area contributed by atoms with E-state index < -0.39 is 22.7 Å². The van der Waals surface area contributed by atoms with Crippen LogP contribution in [0.2, 0.25) is 0 Å². The monoisotopic (exact) mass is 398 g/mol. The molecule has 5 heteroatoms. The summed E-state index contributed by atoms with van der Waals surface area (Å²) in [5.74, 6) is -1.19. The number of nitro groups is 1. The van der Waals surface area contributed by atoms with Crippen LogP contribution in [-0.2, 0) is 6.54 Å². The molecule has 1 heterocycles. The maximum Gasteiger partial charge on any atom is 0.285 e. The van der Waals surface area contributed by atoms with Gasteiger partial charge in [0, 0.05) is 34.1 Å². The van der Waals surface area contributed by atoms with Gasteiger partial charge in [0.25, 0.3) is 6.04 Å². The van der Waals surface area contributed by atoms with Gasteiger partial charge in [-0.1, -0.05) is 78.9 Å². The average molecular weight is 398 g/mol. The number of aryl methyl sites for hydroxylation is 1. The van der Waals surface area contributed by atoms with Crippen molar-refractivity contribution in [3.05, 3.63) is 118 Å². The maximum atomic E-state index is 13.3. The lowest BCUT2D eigenvalue weighted by molar-refractivity contribution is -0.507. The fourth-order valence-corrected chi connectivity index (χ4v) is 4.12. The summed E-state index contributed by atoms with van der Waals surface area (Å²) < 4.78 is 2.07. The van der Waals surface area contributed by atoms with Crippen molar-refractivity contribution in [1.82, 2.24) is 4.57 Å². The predicted octanol–water partition coefficient (Wildman–Crippen LogP) is 5.32. The molecule has 2 atom stereocenters. The lowest BCUT2D eigenvalue weighted by atomic mass is 9.82. The molecule has 4 rings (SSSR count).